The van der Waals surface area contributed by atoms with E-state index in [1.807, 2.05) is 0 Å². The lowest BCUT2D eigenvalue weighted by Gasteiger charge is -2.08. The summed E-state index contributed by atoms with van der Waals surface area (Å²) in [6.07, 6.45) is 39.0. The zero-order chi connectivity index (χ0) is 26.1. The maximum Gasteiger partial charge on any atom is 0.258 e. The van der Waals surface area contributed by atoms with Gasteiger partial charge in [0, 0.05) is 0 Å². The van der Waals surface area contributed by atoms with Gasteiger partial charge < -0.3 is 0 Å². The first-order chi connectivity index (χ1) is 17.7. The van der Waals surface area contributed by atoms with E-state index in [1.54, 1.807) is 5.82 Å². The molecule has 0 atom stereocenters. The number of aryl methyl sites for hydroxylation is 2. The van der Waals surface area contributed by atoms with Crippen molar-refractivity contribution in [3.05, 3.63) is 18.2 Å². The van der Waals surface area contributed by atoms with Crippen LogP contribution in [-0.4, -0.2) is 4.57 Å². The van der Waals surface area contributed by atoms with Crippen molar-refractivity contribution in [3.63, 3.8) is 0 Å². The second-order valence-electron chi connectivity index (χ2n) is 12.0. The van der Waals surface area contributed by atoms with Gasteiger partial charge in [-0.1, -0.05) is 156 Å². The van der Waals surface area contributed by atoms with Crippen LogP contribution in [0.3, 0.4) is 0 Å². The van der Waals surface area contributed by atoms with Crippen LogP contribution >= 0.6 is 0 Å². The SMILES string of the molecule is CCCCCCCCCCCCCCCCCC[n+]1ccn(CCCCCCCCCC)c1C(C)C. The van der Waals surface area contributed by atoms with Crippen molar-refractivity contribution in [2.75, 3.05) is 0 Å². The Hall–Kier alpha value is -0.790. The van der Waals surface area contributed by atoms with Gasteiger partial charge >= 0.3 is 0 Å². The molecule has 0 unspecified atom stereocenters. The standard InChI is InChI=1S/C34H67N2/c1-5-7-9-11-13-15-16-17-18-19-20-21-22-24-26-28-30-36-32-31-35(34(36)33(3)4)29-27-25-23-14-12-10-8-6-2/h31-33H,5-30H2,1-4H3/q+1. The van der Waals surface area contributed by atoms with Gasteiger partial charge in [-0.05, 0) is 25.7 Å². The van der Waals surface area contributed by atoms with Crippen molar-refractivity contribution in [2.24, 2.45) is 0 Å². The molecular formula is C34H67N2+. The molecule has 1 heterocycles. The Morgan fingerprint density at radius 3 is 1.28 bits per heavy atom. The number of nitrogens with zero attached hydrogens (tertiary/aromatic N) is 2. The monoisotopic (exact) mass is 504 g/mol. The fourth-order valence-corrected chi connectivity index (χ4v) is 5.77. The van der Waals surface area contributed by atoms with Crippen LogP contribution in [0.15, 0.2) is 12.4 Å². The summed E-state index contributed by atoms with van der Waals surface area (Å²) < 4.78 is 5.10. The summed E-state index contributed by atoms with van der Waals surface area (Å²) in [5.74, 6) is 2.15. The molecule has 0 saturated carbocycles. The third-order valence-corrected chi connectivity index (χ3v) is 8.04. The minimum atomic E-state index is 0.607. The van der Waals surface area contributed by atoms with Gasteiger partial charge in [0.2, 0.25) is 0 Å². The molecule has 36 heavy (non-hydrogen) atoms. The number of rotatable bonds is 27. The third-order valence-electron chi connectivity index (χ3n) is 8.04. The van der Waals surface area contributed by atoms with Crippen LogP contribution in [0.1, 0.15) is 194 Å². The van der Waals surface area contributed by atoms with Gasteiger partial charge in [-0.3, -0.25) is 0 Å². The van der Waals surface area contributed by atoms with Crippen LogP contribution in [0.2, 0.25) is 0 Å². The summed E-state index contributed by atoms with van der Waals surface area (Å²) >= 11 is 0. The number of hydrogen-bond acceptors (Lipinski definition) is 0. The zero-order valence-electron chi connectivity index (χ0n) is 25.5. The molecule has 0 aliphatic heterocycles. The van der Waals surface area contributed by atoms with Crippen molar-refractivity contribution in [1.82, 2.24) is 4.57 Å². The van der Waals surface area contributed by atoms with Gasteiger partial charge in [-0.25, -0.2) is 9.13 Å². The smallest absolute Gasteiger partial charge is 0.234 e. The second-order valence-corrected chi connectivity index (χ2v) is 12.0. The molecule has 0 aromatic carbocycles. The molecule has 1 aromatic heterocycles. The van der Waals surface area contributed by atoms with E-state index in [9.17, 15) is 0 Å². The Balaban J connectivity index is 2.03. The minimum Gasteiger partial charge on any atom is -0.234 e. The highest BCUT2D eigenvalue weighted by molar-refractivity contribution is 4.89. The van der Waals surface area contributed by atoms with E-state index in [4.69, 9.17) is 0 Å². The lowest BCUT2D eigenvalue weighted by molar-refractivity contribution is -0.705. The molecule has 0 fully saturated rings. The second kappa shape index (κ2) is 24.5. The lowest BCUT2D eigenvalue weighted by atomic mass is 10.0. The molecule has 1 rings (SSSR count). The molecule has 2 nitrogen and oxygen atoms in total. The molecule has 0 N–H and O–H groups in total. The first-order valence-corrected chi connectivity index (χ1v) is 16.8. The summed E-state index contributed by atoms with van der Waals surface area (Å²) in [4.78, 5) is 0. The first-order valence-electron chi connectivity index (χ1n) is 16.8. The van der Waals surface area contributed by atoms with Crippen LogP contribution in [0.5, 0.6) is 0 Å². The predicted molar refractivity (Wildman–Crippen MR) is 161 cm³/mol. The molecule has 0 saturated heterocycles. The molecular weight excluding hydrogens is 436 g/mol. The van der Waals surface area contributed by atoms with Gasteiger partial charge in [-0.15, -0.1) is 0 Å². The predicted octanol–water partition coefficient (Wildman–Crippen LogP) is 11.3. The van der Waals surface area contributed by atoms with Gasteiger partial charge in [0.15, 0.2) is 0 Å². The van der Waals surface area contributed by atoms with Crippen molar-refractivity contribution in [3.8, 4) is 0 Å². The molecule has 0 radical (unpaired) electrons. The summed E-state index contributed by atoms with van der Waals surface area (Å²) in [5, 5.41) is 0. The Morgan fingerprint density at radius 2 is 0.889 bits per heavy atom. The molecule has 0 spiro atoms. The normalized spacial score (nSPS) is 11.7. The number of hydrogen-bond donors (Lipinski definition) is 0. The highest BCUT2D eigenvalue weighted by Crippen LogP contribution is 2.16. The quantitative estimate of drug-likeness (QED) is 0.0833. The Labute approximate surface area is 228 Å². The largest absolute Gasteiger partial charge is 0.258 e. The molecule has 2 heteroatoms. The summed E-state index contributed by atoms with van der Waals surface area (Å²) in [6, 6.07) is 0. The van der Waals surface area contributed by atoms with Crippen LogP contribution in [0, 0.1) is 0 Å². The number of unbranched alkanes of at least 4 members (excludes halogenated alkanes) is 22. The fourth-order valence-electron chi connectivity index (χ4n) is 5.77. The summed E-state index contributed by atoms with van der Waals surface area (Å²) in [6.45, 7) is 11.7. The summed E-state index contributed by atoms with van der Waals surface area (Å²) in [5.41, 5.74) is 0. The van der Waals surface area contributed by atoms with Crippen molar-refractivity contribution >= 4 is 0 Å². The maximum absolute atomic E-state index is 2.55. The molecule has 0 bridgehead atoms. The van der Waals surface area contributed by atoms with Crippen LogP contribution in [0.25, 0.3) is 0 Å². The van der Waals surface area contributed by atoms with Gasteiger partial charge in [-0.2, -0.15) is 0 Å². The van der Waals surface area contributed by atoms with E-state index in [-0.39, 0.29) is 0 Å². The van der Waals surface area contributed by atoms with E-state index in [1.165, 1.54) is 167 Å². The molecule has 0 aliphatic carbocycles. The molecule has 0 aliphatic rings. The van der Waals surface area contributed by atoms with Crippen LogP contribution in [-0.2, 0) is 13.1 Å². The van der Waals surface area contributed by atoms with Crippen molar-refractivity contribution in [1.29, 1.82) is 0 Å². The molecule has 212 valence electrons. The fraction of sp³-hybridized carbons (Fsp3) is 0.912. The topological polar surface area (TPSA) is 8.81 Å². The van der Waals surface area contributed by atoms with E-state index >= 15 is 0 Å². The number of aromatic nitrogens is 2. The van der Waals surface area contributed by atoms with Crippen LogP contribution in [0.4, 0.5) is 0 Å². The third kappa shape index (κ3) is 17.6. The van der Waals surface area contributed by atoms with Crippen LogP contribution < -0.4 is 4.57 Å². The highest BCUT2D eigenvalue weighted by atomic mass is 15.1. The van der Waals surface area contributed by atoms with E-state index in [0.29, 0.717) is 5.92 Å². The Bertz CT molecular complexity index is 574. The minimum absolute atomic E-state index is 0.607. The molecule has 1 aromatic rings. The Morgan fingerprint density at radius 1 is 0.528 bits per heavy atom. The van der Waals surface area contributed by atoms with Gasteiger partial charge in [0.1, 0.15) is 12.4 Å². The maximum atomic E-state index is 2.55. The van der Waals surface area contributed by atoms with Gasteiger partial charge in [0.05, 0.1) is 19.0 Å². The lowest BCUT2D eigenvalue weighted by Crippen LogP contribution is -2.38. The number of imidazole rings is 1. The molecule has 0 amide bonds. The van der Waals surface area contributed by atoms with Gasteiger partial charge in [0.25, 0.3) is 5.82 Å². The summed E-state index contributed by atoms with van der Waals surface area (Å²) in [7, 11) is 0. The van der Waals surface area contributed by atoms with Crippen molar-refractivity contribution < 1.29 is 4.57 Å². The zero-order valence-corrected chi connectivity index (χ0v) is 25.5. The van der Waals surface area contributed by atoms with E-state index in [0.717, 1.165) is 0 Å². The van der Waals surface area contributed by atoms with Crippen molar-refractivity contribution in [2.45, 2.75) is 201 Å². The average molecular weight is 504 g/mol. The Kier molecular flexibility index (Phi) is 22.7. The van der Waals surface area contributed by atoms with E-state index < -0.39 is 0 Å². The average Bonchev–Trinajstić information content (AvgIpc) is 3.28. The highest BCUT2D eigenvalue weighted by Gasteiger charge is 2.20. The first kappa shape index (κ1) is 33.2. The van der Waals surface area contributed by atoms with E-state index in [2.05, 4.69) is 49.2 Å².